The molecule has 0 aliphatic carbocycles. The van der Waals surface area contributed by atoms with Crippen LogP contribution in [0.1, 0.15) is 42.4 Å². The fourth-order valence-electron chi connectivity index (χ4n) is 3.70. The van der Waals surface area contributed by atoms with Crippen molar-refractivity contribution in [2.24, 2.45) is 0 Å². The molecule has 142 valence electrons. The zero-order valence-electron chi connectivity index (χ0n) is 16.3. The van der Waals surface area contributed by atoms with Crippen molar-refractivity contribution in [1.29, 1.82) is 0 Å². The molecule has 0 unspecified atom stereocenters. The van der Waals surface area contributed by atoms with Gasteiger partial charge in [0.25, 0.3) is 0 Å². The number of esters is 1. The van der Waals surface area contributed by atoms with E-state index < -0.39 is 12.0 Å². The second-order valence-corrected chi connectivity index (χ2v) is 6.92. The van der Waals surface area contributed by atoms with Crippen molar-refractivity contribution in [3.8, 4) is 0 Å². The smallest absolute Gasteiger partial charge is 0.308 e. The minimum absolute atomic E-state index is 0.111. The van der Waals surface area contributed by atoms with E-state index in [0.717, 1.165) is 17.0 Å². The maximum absolute atomic E-state index is 12.8. The van der Waals surface area contributed by atoms with E-state index in [1.54, 1.807) is 4.90 Å². The Kier molecular flexibility index (Phi) is 4.26. The summed E-state index contributed by atoms with van der Waals surface area (Å²) in [6.45, 7) is 6.83. The van der Waals surface area contributed by atoms with Crippen molar-refractivity contribution in [1.82, 2.24) is 9.38 Å². The van der Waals surface area contributed by atoms with Crippen LogP contribution in [0.15, 0.2) is 48.7 Å². The van der Waals surface area contributed by atoms with E-state index in [4.69, 9.17) is 9.72 Å². The maximum Gasteiger partial charge on any atom is 0.308 e. The first-order valence-corrected chi connectivity index (χ1v) is 9.12. The van der Waals surface area contributed by atoms with Gasteiger partial charge in [-0.2, -0.15) is 0 Å². The Bertz CT molecular complexity index is 1130. The quantitative estimate of drug-likeness (QED) is 0.636. The number of aryl methyl sites for hydroxylation is 2. The lowest BCUT2D eigenvalue weighted by Gasteiger charge is -2.35. The zero-order valence-corrected chi connectivity index (χ0v) is 16.3. The van der Waals surface area contributed by atoms with Crippen LogP contribution in [0.3, 0.4) is 0 Å². The van der Waals surface area contributed by atoms with Gasteiger partial charge in [0.2, 0.25) is 5.91 Å². The number of rotatable bonds is 2. The Labute approximate surface area is 163 Å². The van der Waals surface area contributed by atoms with Gasteiger partial charge in [0.1, 0.15) is 5.76 Å². The van der Waals surface area contributed by atoms with Gasteiger partial charge in [0, 0.05) is 31.3 Å². The van der Waals surface area contributed by atoms with Gasteiger partial charge >= 0.3 is 5.97 Å². The van der Waals surface area contributed by atoms with E-state index in [0.29, 0.717) is 22.7 Å². The summed E-state index contributed by atoms with van der Waals surface area (Å²) in [4.78, 5) is 30.9. The molecule has 1 amide bonds. The lowest BCUT2D eigenvalue weighted by molar-refractivity contribution is -0.134. The van der Waals surface area contributed by atoms with Crippen molar-refractivity contribution in [3.63, 3.8) is 0 Å². The summed E-state index contributed by atoms with van der Waals surface area (Å²) in [7, 11) is 0. The number of nitrogens with zero attached hydrogens (tertiary/aromatic N) is 3. The Morgan fingerprint density at radius 3 is 2.43 bits per heavy atom. The Hall–Kier alpha value is -3.41. The topological polar surface area (TPSA) is 63.9 Å². The third kappa shape index (κ3) is 2.78. The first kappa shape index (κ1) is 18.0. The van der Waals surface area contributed by atoms with Gasteiger partial charge in [-0.15, -0.1) is 0 Å². The molecule has 0 saturated heterocycles. The van der Waals surface area contributed by atoms with Crippen LogP contribution in [0.4, 0.5) is 5.69 Å². The Morgan fingerprint density at radius 1 is 1.07 bits per heavy atom. The van der Waals surface area contributed by atoms with Crippen LogP contribution in [-0.2, 0) is 14.3 Å². The first-order chi connectivity index (χ1) is 13.4. The van der Waals surface area contributed by atoms with Crippen LogP contribution in [-0.4, -0.2) is 21.3 Å². The highest BCUT2D eigenvalue weighted by molar-refractivity contribution is 6.03. The third-order valence-electron chi connectivity index (χ3n) is 5.07. The molecule has 6 nitrogen and oxygen atoms in total. The highest BCUT2D eigenvalue weighted by Gasteiger charge is 2.34. The lowest BCUT2D eigenvalue weighted by atomic mass is 9.96. The van der Waals surface area contributed by atoms with Crippen LogP contribution in [0.25, 0.3) is 11.4 Å². The molecule has 0 bridgehead atoms. The molecule has 0 spiro atoms. The molecular weight excluding hydrogens is 354 g/mol. The van der Waals surface area contributed by atoms with Gasteiger partial charge in [-0.25, -0.2) is 4.98 Å². The molecule has 1 aliphatic rings. The molecule has 3 aromatic rings. The number of benzene rings is 1. The summed E-state index contributed by atoms with van der Waals surface area (Å²) in [6, 6.07) is 11.1. The molecule has 6 heteroatoms. The fraction of sp³-hybridized carbons (Fsp3) is 0.227. The molecular formula is C22H21N3O3. The average Bonchev–Trinajstić information content (AvgIpc) is 2.96. The number of hydrogen-bond donors (Lipinski definition) is 0. The average molecular weight is 375 g/mol. The number of carbonyl (C=O) groups excluding carboxylic acids is 2. The number of aromatic nitrogens is 2. The molecule has 0 radical (unpaired) electrons. The maximum atomic E-state index is 12.8. The molecule has 4 rings (SSSR count). The van der Waals surface area contributed by atoms with Crippen LogP contribution in [0.2, 0.25) is 0 Å². The molecule has 0 fully saturated rings. The molecule has 1 atom stereocenters. The van der Waals surface area contributed by atoms with Gasteiger partial charge < -0.3 is 9.14 Å². The first-order valence-electron chi connectivity index (χ1n) is 9.12. The number of ether oxygens (including phenoxy) is 1. The second kappa shape index (κ2) is 6.64. The number of amides is 1. The Morgan fingerprint density at radius 2 is 1.79 bits per heavy atom. The predicted molar refractivity (Wildman–Crippen MR) is 107 cm³/mol. The van der Waals surface area contributed by atoms with Gasteiger partial charge in [0.05, 0.1) is 17.4 Å². The summed E-state index contributed by atoms with van der Waals surface area (Å²) in [6.07, 6.45) is 3.71. The standard InChI is InChI=1S/C22H21N3O3/c1-13-14(2)24-11-10-18-20(28-16(4)27)12-19(17-8-6-5-7-9-17)25(15(3)26)21(18)22(24)23-13/h5-12,19H,1-4H3/t19-/m0/s1. The molecule has 0 saturated carbocycles. The van der Waals surface area contributed by atoms with Crippen molar-refractivity contribution in [2.45, 2.75) is 33.7 Å². The van der Waals surface area contributed by atoms with Crippen molar-refractivity contribution < 1.29 is 14.3 Å². The highest BCUT2D eigenvalue weighted by atomic mass is 16.5. The van der Waals surface area contributed by atoms with Crippen molar-refractivity contribution >= 4 is 29.0 Å². The van der Waals surface area contributed by atoms with E-state index in [1.807, 2.05) is 66.9 Å². The van der Waals surface area contributed by atoms with Gasteiger partial charge in [-0.3, -0.25) is 14.5 Å². The van der Waals surface area contributed by atoms with E-state index in [9.17, 15) is 9.59 Å². The summed E-state index contributed by atoms with van der Waals surface area (Å²) >= 11 is 0. The van der Waals surface area contributed by atoms with Crippen LogP contribution < -0.4 is 4.90 Å². The monoisotopic (exact) mass is 375 g/mol. The summed E-state index contributed by atoms with van der Waals surface area (Å²) in [5.41, 5.74) is 4.81. The number of fused-ring (bicyclic) bond motifs is 3. The summed E-state index contributed by atoms with van der Waals surface area (Å²) in [5, 5.41) is 0. The zero-order chi connectivity index (χ0) is 20.0. The molecule has 28 heavy (non-hydrogen) atoms. The van der Waals surface area contributed by atoms with E-state index >= 15 is 0 Å². The van der Waals surface area contributed by atoms with E-state index in [2.05, 4.69) is 0 Å². The van der Waals surface area contributed by atoms with Gasteiger partial charge in [0.15, 0.2) is 5.65 Å². The van der Waals surface area contributed by atoms with E-state index in [1.165, 1.54) is 13.8 Å². The molecule has 1 aromatic carbocycles. The largest absolute Gasteiger partial charge is 0.426 e. The minimum Gasteiger partial charge on any atom is -0.426 e. The molecule has 3 heterocycles. The number of imidazole rings is 1. The van der Waals surface area contributed by atoms with Gasteiger partial charge in [-0.1, -0.05) is 30.3 Å². The van der Waals surface area contributed by atoms with E-state index in [-0.39, 0.29) is 5.91 Å². The lowest BCUT2D eigenvalue weighted by Crippen LogP contribution is -2.36. The number of carbonyl (C=O) groups is 2. The molecule has 1 aliphatic heterocycles. The highest BCUT2D eigenvalue weighted by Crippen LogP contribution is 2.43. The second-order valence-electron chi connectivity index (χ2n) is 6.92. The van der Waals surface area contributed by atoms with Crippen LogP contribution >= 0.6 is 0 Å². The molecule has 0 N–H and O–H groups in total. The van der Waals surface area contributed by atoms with Gasteiger partial charge in [-0.05, 0) is 31.6 Å². The number of hydrogen-bond acceptors (Lipinski definition) is 4. The number of anilines is 1. The Balaban J connectivity index is 2.05. The van der Waals surface area contributed by atoms with Crippen molar-refractivity contribution in [2.75, 3.05) is 4.90 Å². The summed E-state index contributed by atoms with van der Waals surface area (Å²) < 4.78 is 7.49. The van der Waals surface area contributed by atoms with Crippen LogP contribution in [0.5, 0.6) is 0 Å². The van der Waals surface area contributed by atoms with Crippen molar-refractivity contribution in [3.05, 3.63) is 71.2 Å². The molecule has 2 aromatic heterocycles. The SMILES string of the molecule is CC(=O)OC1=C[C@@H](c2ccccc2)N(C(C)=O)c2c1ccn1c(C)c(C)nc21. The van der Waals surface area contributed by atoms with Crippen LogP contribution in [0, 0.1) is 13.8 Å². The number of pyridine rings is 1. The summed E-state index contributed by atoms with van der Waals surface area (Å²) in [5.74, 6) is -0.0786. The third-order valence-corrected chi connectivity index (χ3v) is 5.07. The fourth-order valence-corrected chi connectivity index (χ4v) is 3.70. The normalized spacial score (nSPS) is 15.9. The minimum atomic E-state index is -0.407. The predicted octanol–water partition coefficient (Wildman–Crippen LogP) is 3.96.